The van der Waals surface area contributed by atoms with Crippen LogP contribution in [0.3, 0.4) is 0 Å². The van der Waals surface area contributed by atoms with Gasteiger partial charge in [0.1, 0.15) is 82.5 Å². The fourth-order valence-corrected chi connectivity index (χ4v) is 15.0. The first kappa shape index (κ1) is 100.0. The van der Waals surface area contributed by atoms with Crippen molar-refractivity contribution in [1.29, 1.82) is 0 Å². The number of carbonyl (C=O) groups excluding carboxylic acids is 7. The topological polar surface area (TPSA) is 262 Å². The molecule has 6 aromatic carbocycles. The summed E-state index contributed by atoms with van der Waals surface area (Å²) in [5.74, 6) is 3.33. The molecule has 14 rings (SSSR count). The van der Waals surface area contributed by atoms with Gasteiger partial charge in [-0.05, 0) is 176 Å². The normalized spacial score (nSPS) is 21.0. The maximum absolute atomic E-state index is 11.7. The van der Waals surface area contributed by atoms with Gasteiger partial charge in [0.25, 0.3) is 0 Å². The molecule has 0 fully saturated rings. The molecule has 7 aromatic rings. The van der Waals surface area contributed by atoms with Gasteiger partial charge in [-0.15, -0.1) is 0 Å². The van der Waals surface area contributed by atoms with Crippen molar-refractivity contribution in [3.8, 4) is 0 Å². The molecule has 8 heterocycles. The van der Waals surface area contributed by atoms with Gasteiger partial charge >= 0.3 is 41.8 Å². The van der Waals surface area contributed by atoms with Crippen LogP contribution in [0.15, 0.2) is 282 Å². The first-order chi connectivity index (χ1) is 61.4. The number of hydrogen-bond acceptors (Lipinski definition) is 22. The van der Waals surface area contributed by atoms with Crippen molar-refractivity contribution in [2.75, 3.05) is 48.8 Å². The van der Waals surface area contributed by atoms with E-state index in [1.54, 1.807) is 55.6 Å². The first-order valence-corrected chi connectivity index (χ1v) is 43.9. The van der Waals surface area contributed by atoms with Crippen LogP contribution in [-0.4, -0.2) is 138 Å². The Morgan fingerprint density at radius 3 is 1.13 bits per heavy atom. The summed E-state index contributed by atoms with van der Waals surface area (Å²) in [6.45, 7) is 16.6. The van der Waals surface area contributed by atoms with Gasteiger partial charge in [0.05, 0.1) is 102 Å². The second-order valence-electron chi connectivity index (χ2n) is 32.0. The number of cyclic esters (lactones) is 7. The van der Waals surface area contributed by atoms with Crippen molar-refractivity contribution >= 4 is 41.8 Å². The van der Waals surface area contributed by atoms with Crippen LogP contribution in [0.2, 0.25) is 0 Å². The van der Waals surface area contributed by atoms with Gasteiger partial charge in [0, 0.05) is 44.5 Å². The average molecular weight is 1740 g/mol. The summed E-state index contributed by atoms with van der Waals surface area (Å²) in [4.78, 5) is 84.4. The van der Waals surface area contributed by atoms with E-state index in [4.69, 9.17) is 66.3 Å². The molecule has 0 bridgehead atoms. The molecule has 0 N–H and O–H groups in total. The molecule has 0 saturated heterocycles. The Labute approximate surface area is 749 Å². The fourth-order valence-electron chi connectivity index (χ4n) is 15.0. The molecule has 1 aromatic heterocycles. The van der Waals surface area contributed by atoms with Gasteiger partial charge in [-0.25, -0.2) is 33.6 Å². The second kappa shape index (κ2) is 53.8. The number of aromatic nitrogens is 1. The third kappa shape index (κ3) is 35.5. The molecular formula is C105H127NO21. The zero-order valence-electron chi connectivity index (χ0n) is 75.9. The van der Waals surface area contributed by atoms with Crippen LogP contribution in [0.5, 0.6) is 0 Å². The molecule has 0 spiro atoms. The van der Waals surface area contributed by atoms with E-state index in [2.05, 4.69) is 96.8 Å². The van der Waals surface area contributed by atoms with Crippen LogP contribution in [0, 0.1) is 18.8 Å². The largest absolute Gasteiger partial charge is 0.501 e. The van der Waals surface area contributed by atoms with E-state index < -0.39 is 5.60 Å². The van der Waals surface area contributed by atoms with E-state index in [0.29, 0.717) is 79.5 Å². The summed E-state index contributed by atoms with van der Waals surface area (Å²) < 4.78 is 74.3. The number of benzene rings is 6. The smallest absolute Gasteiger partial charge is 0.337 e. The van der Waals surface area contributed by atoms with Gasteiger partial charge in [-0.1, -0.05) is 201 Å². The highest BCUT2D eigenvalue weighted by Crippen LogP contribution is 2.34. The third-order valence-electron chi connectivity index (χ3n) is 22.4. The third-order valence-corrected chi connectivity index (χ3v) is 22.4. The average Bonchev–Trinajstić information content (AvgIpc) is 0.815. The van der Waals surface area contributed by atoms with Gasteiger partial charge in [0.15, 0.2) is 0 Å². The summed E-state index contributed by atoms with van der Waals surface area (Å²) in [5, 5.41) is 0. The van der Waals surface area contributed by atoms with Crippen molar-refractivity contribution in [3.05, 3.63) is 327 Å². The molecule has 0 radical (unpaired) electrons. The maximum atomic E-state index is 11.7. The van der Waals surface area contributed by atoms with Crippen molar-refractivity contribution in [2.24, 2.45) is 11.8 Å². The number of methoxy groups -OCH3 is 5. The number of nitrogens with zero attached hydrogens (tertiary/aromatic N) is 1. The summed E-state index contributed by atoms with van der Waals surface area (Å²) in [6, 6.07) is 63.5. The van der Waals surface area contributed by atoms with E-state index in [0.717, 1.165) is 113 Å². The van der Waals surface area contributed by atoms with Gasteiger partial charge in [-0.3, -0.25) is 4.98 Å². The zero-order chi connectivity index (χ0) is 91.3. The first-order valence-electron chi connectivity index (χ1n) is 43.9. The zero-order valence-corrected chi connectivity index (χ0v) is 75.9. The lowest BCUT2D eigenvalue weighted by atomic mass is 9.91. The van der Waals surface area contributed by atoms with Crippen molar-refractivity contribution in [1.82, 2.24) is 4.98 Å². The molecule has 7 aliphatic heterocycles. The Balaban J connectivity index is 0.000000183. The number of hydrogen-bond donors (Lipinski definition) is 0. The lowest BCUT2D eigenvalue weighted by molar-refractivity contribution is -0.156. The summed E-state index contributed by atoms with van der Waals surface area (Å²) in [5.41, 5.74) is 10.7. The van der Waals surface area contributed by atoms with E-state index in [-0.39, 0.29) is 90.2 Å². The molecule has 9 atom stereocenters. The number of carbonyl (C=O) groups is 7. The summed E-state index contributed by atoms with van der Waals surface area (Å²) >= 11 is 0. The molecular weight excluding hydrogens is 1610 g/mol. The second-order valence-corrected chi connectivity index (χ2v) is 32.0. The van der Waals surface area contributed by atoms with Crippen molar-refractivity contribution in [3.63, 3.8) is 0 Å². The standard InChI is InChI=1S/2C16H20O3.4C15H18O3.C13H15NO3/c1-3-18-15-11-16(17)19-14(12(15)2)10-9-13-7-5-4-6-8-13;1-3-18-15-11-14(19-16(17)12(15)2)10-9-13-7-5-4-6-8-13;1-11-3-5-12(6-4-11)7-8-13-9-14(17-2)10-15(16)18-13;1-15(9-8-12-6-4-3-5-7-12)11-13(17-2)10-14(16)18-15;1-11-13(18-15(16)10-14(11)17-2)9-8-12-6-4-3-5-7-12;1-11-14(17-2)10-13(18-15(11)16)9-8-12-6-4-3-5-7-12;1-16-12-7-11(17-13(15)8-12)5-4-10-3-2-6-14-9-10/h4-8,11-12,14H,3,9-10H2,1-2H3;4-8,14H,3,9-11H2,1-2H3;3-6,10,13H,7-9H2,1-2H3;3-7,10H,8-9,11H2,1-2H3;3-7,10-11,13H,8-9H2,1-2H3;3-7,13H,8-10H2,1-2H3;2-3,6,8-9,11H,4-5,7H2,1H3. The SMILES string of the molecule is CCOC1=C(C)C(=O)OC(CCc2ccccc2)C1.CCOC1=CC(=O)OC(CCc2ccccc2)C1C.COC1=C(C)C(=O)OC(CCc2ccccc2)C1.COC1=CC(=O)OC(C)(CCc2ccccc2)C1.COC1=CC(=O)OC(CCc2ccc(C)cc2)C1.COC1=CC(=O)OC(CCc2ccccc2)C1C.COC1=CC(=O)OC(CCc2cccnc2)C1. The minimum atomic E-state index is -0.465. The molecule has 9 unspecified atom stereocenters. The number of ether oxygens (including phenoxy) is 14. The van der Waals surface area contributed by atoms with E-state index in [9.17, 15) is 33.6 Å². The van der Waals surface area contributed by atoms with E-state index >= 15 is 0 Å². The van der Waals surface area contributed by atoms with Crippen molar-refractivity contribution in [2.45, 2.75) is 220 Å². The molecule has 22 nitrogen and oxygen atoms in total. The molecule has 0 saturated carbocycles. The lowest BCUT2D eigenvalue weighted by Gasteiger charge is -2.32. The Morgan fingerprint density at radius 1 is 0.354 bits per heavy atom. The Bertz CT molecular complexity index is 4810. The molecule has 0 amide bonds. The predicted molar refractivity (Wildman–Crippen MR) is 485 cm³/mol. The van der Waals surface area contributed by atoms with Crippen LogP contribution in [0.4, 0.5) is 0 Å². The molecule has 127 heavy (non-hydrogen) atoms. The number of esters is 7. The highest BCUT2D eigenvalue weighted by molar-refractivity contribution is 5.90. The highest BCUT2D eigenvalue weighted by Gasteiger charge is 2.36. The highest BCUT2D eigenvalue weighted by atomic mass is 16.6. The van der Waals surface area contributed by atoms with Crippen LogP contribution < -0.4 is 0 Å². The summed E-state index contributed by atoms with van der Waals surface area (Å²) in [7, 11) is 7.94. The van der Waals surface area contributed by atoms with E-state index in [1.165, 1.54) is 69.3 Å². The summed E-state index contributed by atoms with van der Waals surface area (Å²) in [6.07, 6.45) is 25.6. The minimum absolute atomic E-state index is 0.0706. The van der Waals surface area contributed by atoms with E-state index in [1.807, 2.05) is 144 Å². The molecule has 22 heteroatoms. The van der Waals surface area contributed by atoms with Gasteiger partial charge < -0.3 is 66.3 Å². The fraction of sp³-hybridized carbons (Fsp3) is 0.410. The molecule has 678 valence electrons. The lowest BCUT2D eigenvalue weighted by Crippen LogP contribution is -2.36. The monoisotopic (exact) mass is 1740 g/mol. The molecule has 7 aliphatic rings. The molecule has 0 aliphatic carbocycles. The van der Waals surface area contributed by atoms with Gasteiger partial charge in [0.2, 0.25) is 0 Å². The Hall–Kier alpha value is -12.5. The van der Waals surface area contributed by atoms with Crippen LogP contribution in [0.25, 0.3) is 0 Å². The van der Waals surface area contributed by atoms with Crippen LogP contribution in [-0.2, 0) is 145 Å². The quantitative estimate of drug-likeness (QED) is 0.0299. The number of pyridine rings is 1. The maximum Gasteiger partial charge on any atom is 0.337 e. The van der Waals surface area contributed by atoms with Crippen LogP contribution in [0.1, 0.15) is 170 Å². The van der Waals surface area contributed by atoms with Crippen LogP contribution >= 0.6 is 0 Å². The Kier molecular flexibility index (Phi) is 42.3. The number of rotatable bonds is 30. The number of aryl methyl sites for hydroxylation is 8. The predicted octanol–water partition coefficient (Wildman–Crippen LogP) is 19.4. The minimum Gasteiger partial charge on any atom is -0.501 e. The van der Waals surface area contributed by atoms with Crippen molar-refractivity contribution < 1.29 is 99.9 Å². The Morgan fingerprint density at radius 2 is 0.717 bits per heavy atom. The van der Waals surface area contributed by atoms with Gasteiger partial charge in [-0.2, -0.15) is 0 Å².